The third-order valence-corrected chi connectivity index (χ3v) is 4.91. The van der Waals surface area contributed by atoms with Crippen molar-refractivity contribution in [2.75, 3.05) is 12.4 Å². The maximum absolute atomic E-state index is 11.3. The minimum Gasteiger partial charge on any atom is -0.748 e. The molecule has 0 aliphatic rings. The maximum Gasteiger partial charge on any atom is 0.305 e. The summed E-state index contributed by atoms with van der Waals surface area (Å²) in [6.07, 6.45) is 20.4. The van der Waals surface area contributed by atoms with E-state index in [4.69, 9.17) is 4.74 Å². The topological polar surface area (TPSA) is 120 Å². The normalized spacial score (nSPS) is 11.5. The van der Waals surface area contributed by atoms with Crippen LogP contribution in [0.15, 0.2) is 12.2 Å². The number of allylic oxidation sites excluding steroid dienone is 2. The van der Waals surface area contributed by atoms with Crippen molar-refractivity contribution in [3.05, 3.63) is 12.2 Å². The molecule has 6 nitrogen and oxygen atoms in total. The molecule has 7 heteroatoms. The first-order valence-corrected chi connectivity index (χ1v) is 11.8. The van der Waals surface area contributed by atoms with Gasteiger partial charge in [0.15, 0.2) is 0 Å². The fourth-order valence-corrected chi connectivity index (χ4v) is 2.96. The molecule has 0 bridgehead atoms. The van der Waals surface area contributed by atoms with Gasteiger partial charge in [-0.3, -0.25) is 4.79 Å². The van der Waals surface area contributed by atoms with E-state index < -0.39 is 21.8 Å². The molecule has 0 aromatic carbocycles. The van der Waals surface area contributed by atoms with Gasteiger partial charge >= 0.3 is 5.97 Å². The number of ether oxygens (including phenoxy) is 1. The Morgan fingerprint density at radius 2 is 1.33 bits per heavy atom. The predicted molar refractivity (Wildman–Crippen MR) is 111 cm³/mol. The molecule has 4 N–H and O–H groups in total. The fourth-order valence-electron chi connectivity index (χ4n) is 2.67. The second-order valence-corrected chi connectivity index (χ2v) is 8.34. The van der Waals surface area contributed by atoms with Crippen molar-refractivity contribution in [2.24, 2.45) is 0 Å². The highest BCUT2D eigenvalue weighted by Gasteiger charge is 2.04. The molecule has 162 valence electrons. The summed E-state index contributed by atoms with van der Waals surface area (Å²) in [6, 6.07) is 0. The van der Waals surface area contributed by atoms with Gasteiger partial charge in [0.05, 0.1) is 15.9 Å². The minimum absolute atomic E-state index is 0. The van der Waals surface area contributed by atoms with Crippen LogP contribution < -0.4 is 6.15 Å². The van der Waals surface area contributed by atoms with Gasteiger partial charge in [-0.15, -0.1) is 0 Å². The molecule has 0 aromatic rings. The number of carbonyl (C=O) groups is 1. The van der Waals surface area contributed by atoms with Crippen LogP contribution in [0, 0.1) is 0 Å². The van der Waals surface area contributed by atoms with Crippen LogP contribution in [0.5, 0.6) is 0 Å². The van der Waals surface area contributed by atoms with Gasteiger partial charge in [0.1, 0.15) is 6.61 Å². The number of hydrogen-bond acceptors (Lipinski definition) is 5. The van der Waals surface area contributed by atoms with E-state index in [0.717, 1.165) is 32.1 Å². The molecule has 27 heavy (non-hydrogen) atoms. The van der Waals surface area contributed by atoms with Gasteiger partial charge in [0.25, 0.3) is 0 Å². The molecule has 0 aliphatic carbocycles. The molecule has 0 saturated carbocycles. The quantitative estimate of drug-likeness (QED) is 0.139. The molecular formula is C20H41NO5S. The zero-order valence-corrected chi connectivity index (χ0v) is 18.2. The van der Waals surface area contributed by atoms with Crippen molar-refractivity contribution in [1.29, 1.82) is 0 Å². The zero-order chi connectivity index (χ0) is 19.5. The molecule has 0 rings (SSSR count). The van der Waals surface area contributed by atoms with Gasteiger partial charge in [0, 0.05) is 6.42 Å². The summed E-state index contributed by atoms with van der Waals surface area (Å²) in [7, 11) is -4.30. The van der Waals surface area contributed by atoms with Crippen molar-refractivity contribution in [2.45, 2.75) is 96.8 Å². The minimum atomic E-state index is -4.30. The standard InChI is InChI=1S/C20H38O5S.H3N/c1-2-3-4-5-6-7-8-9-10-11-12-13-14-15-16-17-20(21)25-18-19-26(22,23)24;/h9-10H,2-8,11-19H2,1H3,(H,22,23,24);1H3/b10-9-;. The van der Waals surface area contributed by atoms with Crippen LogP contribution in [0.3, 0.4) is 0 Å². The van der Waals surface area contributed by atoms with Gasteiger partial charge in [-0.25, -0.2) is 8.42 Å². The highest BCUT2D eigenvalue weighted by atomic mass is 32.2. The lowest BCUT2D eigenvalue weighted by molar-refractivity contribution is -0.143. The molecule has 0 fully saturated rings. The van der Waals surface area contributed by atoms with Crippen molar-refractivity contribution in [3.63, 3.8) is 0 Å². The summed E-state index contributed by atoms with van der Waals surface area (Å²) in [5.41, 5.74) is 0. The number of quaternary nitrogens is 1. The van der Waals surface area contributed by atoms with E-state index in [2.05, 4.69) is 19.1 Å². The number of unbranched alkanes of at least 4 members (excludes halogenated alkanes) is 11. The highest BCUT2D eigenvalue weighted by Crippen LogP contribution is 2.10. The Morgan fingerprint density at radius 1 is 0.852 bits per heavy atom. The summed E-state index contributed by atoms with van der Waals surface area (Å²) in [5.74, 6) is -1.07. The van der Waals surface area contributed by atoms with Crippen LogP contribution in [0.25, 0.3) is 0 Å². The molecule has 0 aromatic heterocycles. The Balaban J connectivity index is 0. The molecule has 0 spiro atoms. The summed E-state index contributed by atoms with van der Waals surface area (Å²) in [4.78, 5) is 11.3. The van der Waals surface area contributed by atoms with Crippen LogP contribution in [-0.2, 0) is 19.6 Å². The molecular weight excluding hydrogens is 366 g/mol. The average molecular weight is 408 g/mol. The van der Waals surface area contributed by atoms with Crippen LogP contribution in [-0.4, -0.2) is 31.3 Å². The van der Waals surface area contributed by atoms with Gasteiger partial charge in [-0.1, -0.05) is 70.4 Å². The predicted octanol–water partition coefficient (Wildman–Crippen LogP) is 5.49. The molecule has 0 amide bonds. The first kappa shape index (κ1) is 28.3. The second kappa shape index (κ2) is 19.8. The van der Waals surface area contributed by atoms with Crippen molar-refractivity contribution >= 4 is 16.1 Å². The van der Waals surface area contributed by atoms with E-state index in [1.165, 1.54) is 51.4 Å². The SMILES string of the molecule is CCCCCCCC/C=C\CCCCCCCC(=O)OCCS(=O)(=O)[O-].[NH4+]. The van der Waals surface area contributed by atoms with Crippen molar-refractivity contribution in [3.8, 4) is 0 Å². The Kier molecular flexibility index (Phi) is 20.8. The number of carbonyl (C=O) groups excluding carboxylic acids is 1. The Bertz CT molecular complexity index is 463. The van der Waals surface area contributed by atoms with Gasteiger partial charge in [-0.2, -0.15) is 0 Å². The summed E-state index contributed by atoms with van der Waals surface area (Å²) < 4.78 is 35.8. The van der Waals surface area contributed by atoms with E-state index in [0.29, 0.717) is 0 Å². The first-order chi connectivity index (χ1) is 12.5. The Labute approximate surface area is 166 Å². The van der Waals surface area contributed by atoms with Gasteiger partial charge in [-0.05, 0) is 32.1 Å². The zero-order valence-electron chi connectivity index (χ0n) is 17.4. The Morgan fingerprint density at radius 3 is 1.85 bits per heavy atom. The molecule has 0 aliphatic heterocycles. The fraction of sp³-hybridized carbons (Fsp3) is 0.850. The Hall–Kier alpha value is -0.920. The molecule has 0 saturated heterocycles. The van der Waals surface area contributed by atoms with Crippen molar-refractivity contribution in [1.82, 2.24) is 6.15 Å². The average Bonchev–Trinajstić information content (AvgIpc) is 2.57. The molecule has 0 unspecified atom stereocenters. The summed E-state index contributed by atoms with van der Waals surface area (Å²) in [6.45, 7) is 1.90. The van der Waals surface area contributed by atoms with Crippen LogP contribution in [0.1, 0.15) is 96.8 Å². The van der Waals surface area contributed by atoms with E-state index in [1.807, 2.05) is 0 Å². The number of rotatable bonds is 18. The molecule has 0 atom stereocenters. The third-order valence-electron chi connectivity index (χ3n) is 4.24. The largest absolute Gasteiger partial charge is 0.748 e. The maximum atomic E-state index is 11.3. The van der Waals surface area contributed by atoms with Gasteiger partial charge in [0.2, 0.25) is 0 Å². The lowest BCUT2D eigenvalue weighted by Crippen LogP contribution is -2.14. The van der Waals surface area contributed by atoms with E-state index in [9.17, 15) is 17.8 Å². The lowest BCUT2D eigenvalue weighted by Gasteiger charge is -2.07. The van der Waals surface area contributed by atoms with E-state index in [-0.39, 0.29) is 19.2 Å². The smallest absolute Gasteiger partial charge is 0.305 e. The highest BCUT2D eigenvalue weighted by molar-refractivity contribution is 7.85. The second-order valence-electron chi connectivity index (χ2n) is 6.82. The monoisotopic (exact) mass is 407 g/mol. The molecule has 0 radical (unpaired) electrons. The third kappa shape index (κ3) is 25.1. The lowest BCUT2D eigenvalue weighted by atomic mass is 10.1. The first-order valence-electron chi connectivity index (χ1n) is 10.2. The number of esters is 1. The number of hydrogen-bond donors (Lipinski definition) is 1. The van der Waals surface area contributed by atoms with Crippen LogP contribution in [0.4, 0.5) is 0 Å². The van der Waals surface area contributed by atoms with Crippen LogP contribution >= 0.6 is 0 Å². The molecule has 0 heterocycles. The summed E-state index contributed by atoms with van der Waals surface area (Å²) >= 11 is 0. The van der Waals surface area contributed by atoms with Gasteiger partial charge < -0.3 is 15.4 Å². The summed E-state index contributed by atoms with van der Waals surface area (Å²) in [5, 5.41) is 0. The van der Waals surface area contributed by atoms with E-state index in [1.54, 1.807) is 0 Å². The van der Waals surface area contributed by atoms with Crippen molar-refractivity contribution < 1.29 is 22.5 Å². The van der Waals surface area contributed by atoms with Crippen LogP contribution in [0.2, 0.25) is 0 Å². The van der Waals surface area contributed by atoms with E-state index >= 15 is 0 Å².